The minimum absolute atomic E-state index is 0.156. The Morgan fingerprint density at radius 3 is 2.57 bits per heavy atom. The summed E-state index contributed by atoms with van der Waals surface area (Å²) in [7, 11) is 0. The minimum atomic E-state index is -1.04. The molecule has 116 valence electrons. The molecule has 1 atom stereocenters. The fourth-order valence-electron chi connectivity index (χ4n) is 1.70. The standard InChI is InChI=1S/C14H20N2O4S/c1-9(2)12(14(19)20)16-11(17)6-3-7-15-13(18)10-5-4-8-21-10/h4-5,8-9,12H,3,6-7H2,1-2H3,(H,15,18)(H,16,17)(H,19,20). The van der Waals surface area contributed by atoms with E-state index in [0.29, 0.717) is 17.8 Å². The summed E-state index contributed by atoms with van der Waals surface area (Å²) in [4.78, 5) is 34.9. The Balaban J connectivity index is 2.24. The third kappa shape index (κ3) is 5.95. The lowest BCUT2D eigenvalue weighted by Gasteiger charge is -2.17. The molecule has 0 saturated carbocycles. The second-order valence-electron chi connectivity index (χ2n) is 4.96. The van der Waals surface area contributed by atoms with E-state index >= 15 is 0 Å². The van der Waals surface area contributed by atoms with E-state index in [4.69, 9.17) is 5.11 Å². The average Bonchev–Trinajstić information content (AvgIpc) is 2.94. The van der Waals surface area contributed by atoms with Gasteiger partial charge in [0.25, 0.3) is 5.91 Å². The summed E-state index contributed by atoms with van der Waals surface area (Å²) in [6, 6.07) is 2.65. The number of nitrogens with one attached hydrogen (secondary N) is 2. The molecule has 1 aromatic rings. The van der Waals surface area contributed by atoms with Gasteiger partial charge in [-0.15, -0.1) is 11.3 Å². The quantitative estimate of drug-likeness (QED) is 0.634. The second kappa shape index (κ2) is 8.41. The Labute approximate surface area is 127 Å². The highest BCUT2D eigenvalue weighted by Gasteiger charge is 2.22. The Hall–Kier alpha value is -1.89. The number of hydrogen-bond acceptors (Lipinski definition) is 4. The van der Waals surface area contributed by atoms with E-state index in [1.807, 2.05) is 5.38 Å². The molecule has 0 aliphatic rings. The number of thiophene rings is 1. The van der Waals surface area contributed by atoms with Crippen LogP contribution in [0.5, 0.6) is 0 Å². The van der Waals surface area contributed by atoms with Gasteiger partial charge in [-0.05, 0) is 23.8 Å². The Kier molecular flexibility index (Phi) is 6.87. The van der Waals surface area contributed by atoms with Crippen LogP contribution in [0.4, 0.5) is 0 Å². The molecule has 0 radical (unpaired) electrons. The summed E-state index contributed by atoms with van der Waals surface area (Å²) in [5.74, 6) is -1.69. The van der Waals surface area contributed by atoms with Crippen LogP contribution in [0.25, 0.3) is 0 Å². The van der Waals surface area contributed by atoms with Crippen molar-refractivity contribution >= 4 is 29.1 Å². The van der Waals surface area contributed by atoms with Crippen LogP contribution in [-0.2, 0) is 9.59 Å². The number of carboxylic acid groups (broad SMARTS) is 1. The Morgan fingerprint density at radius 2 is 2.05 bits per heavy atom. The molecular formula is C14H20N2O4S. The zero-order valence-corrected chi connectivity index (χ0v) is 12.9. The number of hydrogen-bond donors (Lipinski definition) is 3. The molecule has 0 aliphatic heterocycles. The maximum atomic E-state index is 11.7. The van der Waals surface area contributed by atoms with E-state index in [0.717, 1.165) is 0 Å². The molecule has 1 aromatic heterocycles. The molecule has 7 heteroatoms. The fraction of sp³-hybridized carbons (Fsp3) is 0.500. The first-order valence-corrected chi connectivity index (χ1v) is 7.63. The van der Waals surface area contributed by atoms with Gasteiger partial charge in [0, 0.05) is 13.0 Å². The van der Waals surface area contributed by atoms with Crippen molar-refractivity contribution in [1.82, 2.24) is 10.6 Å². The first-order valence-electron chi connectivity index (χ1n) is 6.75. The molecule has 1 rings (SSSR count). The molecule has 2 amide bonds. The summed E-state index contributed by atoms with van der Waals surface area (Å²) in [5.41, 5.74) is 0. The van der Waals surface area contributed by atoms with Crippen molar-refractivity contribution in [3.05, 3.63) is 22.4 Å². The van der Waals surface area contributed by atoms with Crippen molar-refractivity contribution < 1.29 is 19.5 Å². The van der Waals surface area contributed by atoms with Crippen LogP contribution in [0.3, 0.4) is 0 Å². The largest absolute Gasteiger partial charge is 0.480 e. The monoisotopic (exact) mass is 312 g/mol. The normalized spacial score (nSPS) is 12.0. The van der Waals surface area contributed by atoms with E-state index in [2.05, 4.69) is 10.6 Å². The number of carboxylic acids is 1. The third-order valence-corrected chi connectivity index (χ3v) is 3.73. The fourth-order valence-corrected chi connectivity index (χ4v) is 2.34. The summed E-state index contributed by atoms with van der Waals surface area (Å²) in [6.07, 6.45) is 0.647. The van der Waals surface area contributed by atoms with E-state index < -0.39 is 12.0 Å². The van der Waals surface area contributed by atoms with Gasteiger partial charge in [0.1, 0.15) is 6.04 Å². The van der Waals surface area contributed by atoms with E-state index in [-0.39, 0.29) is 24.2 Å². The van der Waals surface area contributed by atoms with Gasteiger partial charge in [-0.1, -0.05) is 19.9 Å². The lowest BCUT2D eigenvalue weighted by Crippen LogP contribution is -2.44. The lowest BCUT2D eigenvalue weighted by atomic mass is 10.0. The van der Waals surface area contributed by atoms with Crippen molar-refractivity contribution in [2.24, 2.45) is 5.92 Å². The van der Waals surface area contributed by atoms with Gasteiger partial charge in [0.15, 0.2) is 0 Å². The maximum Gasteiger partial charge on any atom is 0.326 e. The van der Waals surface area contributed by atoms with Crippen LogP contribution >= 0.6 is 11.3 Å². The van der Waals surface area contributed by atoms with Crippen molar-refractivity contribution in [2.45, 2.75) is 32.7 Å². The highest BCUT2D eigenvalue weighted by Crippen LogP contribution is 2.07. The van der Waals surface area contributed by atoms with Crippen LogP contribution in [0, 0.1) is 5.92 Å². The molecule has 6 nitrogen and oxygen atoms in total. The van der Waals surface area contributed by atoms with Gasteiger partial charge >= 0.3 is 5.97 Å². The molecule has 0 fully saturated rings. The molecule has 1 unspecified atom stereocenters. The average molecular weight is 312 g/mol. The minimum Gasteiger partial charge on any atom is -0.480 e. The topological polar surface area (TPSA) is 95.5 Å². The van der Waals surface area contributed by atoms with Gasteiger partial charge in [-0.3, -0.25) is 9.59 Å². The summed E-state index contributed by atoms with van der Waals surface area (Å²) in [5, 5.41) is 16.0. The first-order chi connectivity index (χ1) is 9.91. The van der Waals surface area contributed by atoms with Crippen LogP contribution in [-0.4, -0.2) is 35.5 Å². The lowest BCUT2D eigenvalue weighted by molar-refractivity contribution is -0.143. The SMILES string of the molecule is CC(C)C(NC(=O)CCCNC(=O)c1cccs1)C(=O)O. The summed E-state index contributed by atoms with van der Waals surface area (Å²) in [6.45, 7) is 3.85. The highest BCUT2D eigenvalue weighted by atomic mass is 32.1. The van der Waals surface area contributed by atoms with Crippen LogP contribution in [0.1, 0.15) is 36.4 Å². The number of aliphatic carboxylic acids is 1. The Morgan fingerprint density at radius 1 is 1.33 bits per heavy atom. The van der Waals surface area contributed by atoms with Crippen molar-refractivity contribution in [1.29, 1.82) is 0 Å². The summed E-state index contributed by atoms with van der Waals surface area (Å²) < 4.78 is 0. The second-order valence-corrected chi connectivity index (χ2v) is 5.91. The zero-order chi connectivity index (χ0) is 15.8. The molecule has 21 heavy (non-hydrogen) atoms. The molecule has 0 aliphatic carbocycles. The summed E-state index contributed by atoms with van der Waals surface area (Å²) >= 11 is 1.35. The van der Waals surface area contributed by atoms with Gasteiger partial charge in [0.2, 0.25) is 5.91 Å². The molecule has 0 saturated heterocycles. The van der Waals surface area contributed by atoms with Gasteiger partial charge in [-0.25, -0.2) is 4.79 Å². The molecular weight excluding hydrogens is 292 g/mol. The van der Waals surface area contributed by atoms with Crippen LogP contribution < -0.4 is 10.6 Å². The van der Waals surface area contributed by atoms with Crippen LogP contribution in [0.15, 0.2) is 17.5 Å². The smallest absolute Gasteiger partial charge is 0.326 e. The molecule has 0 aromatic carbocycles. The predicted octanol–water partition coefficient (Wildman–Crippen LogP) is 1.48. The maximum absolute atomic E-state index is 11.7. The number of amides is 2. The third-order valence-electron chi connectivity index (χ3n) is 2.86. The predicted molar refractivity (Wildman–Crippen MR) is 80.3 cm³/mol. The van der Waals surface area contributed by atoms with E-state index in [9.17, 15) is 14.4 Å². The molecule has 0 spiro atoms. The Bertz CT molecular complexity index is 485. The van der Waals surface area contributed by atoms with Gasteiger partial charge in [-0.2, -0.15) is 0 Å². The first kappa shape index (κ1) is 17.2. The van der Waals surface area contributed by atoms with Crippen LogP contribution in [0.2, 0.25) is 0 Å². The molecule has 0 bridgehead atoms. The van der Waals surface area contributed by atoms with E-state index in [1.165, 1.54) is 11.3 Å². The number of carbonyl (C=O) groups excluding carboxylic acids is 2. The number of carbonyl (C=O) groups is 3. The molecule has 3 N–H and O–H groups in total. The van der Waals surface area contributed by atoms with Gasteiger partial charge < -0.3 is 15.7 Å². The van der Waals surface area contributed by atoms with E-state index in [1.54, 1.807) is 26.0 Å². The highest BCUT2D eigenvalue weighted by molar-refractivity contribution is 7.12. The molecule has 1 heterocycles. The van der Waals surface area contributed by atoms with Crippen molar-refractivity contribution in [3.8, 4) is 0 Å². The van der Waals surface area contributed by atoms with Crippen molar-refractivity contribution in [2.75, 3.05) is 6.54 Å². The van der Waals surface area contributed by atoms with Crippen molar-refractivity contribution in [3.63, 3.8) is 0 Å². The number of rotatable bonds is 8. The zero-order valence-electron chi connectivity index (χ0n) is 12.1. The van der Waals surface area contributed by atoms with Gasteiger partial charge in [0.05, 0.1) is 4.88 Å².